The molecule has 2 aromatic rings. The molecule has 0 amide bonds. The van der Waals surface area contributed by atoms with Crippen molar-refractivity contribution in [1.82, 2.24) is 5.32 Å². The molecule has 2 N–H and O–H groups in total. The maximum Gasteiger partial charge on any atom is 0.123 e. The minimum atomic E-state index is -0.448. The van der Waals surface area contributed by atoms with E-state index in [-0.39, 0.29) is 0 Å². The quantitative estimate of drug-likeness (QED) is 0.786. The number of rotatable bonds is 8. The number of benzene rings is 1. The third kappa shape index (κ3) is 4.30. The van der Waals surface area contributed by atoms with Gasteiger partial charge in [-0.1, -0.05) is 18.2 Å². The lowest BCUT2D eigenvalue weighted by Gasteiger charge is -2.14. The first-order valence-electron chi connectivity index (χ1n) is 7.44. The van der Waals surface area contributed by atoms with E-state index in [4.69, 9.17) is 4.74 Å². The molecule has 21 heavy (non-hydrogen) atoms. The second kappa shape index (κ2) is 7.07. The molecule has 1 unspecified atom stereocenters. The van der Waals surface area contributed by atoms with Crippen LogP contribution in [0, 0.1) is 5.92 Å². The van der Waals surface area contributed by atoms with Gasteiger partial charge >= 0.3 is 0 Å². The zero-order chi connectivity index (χ0) is 14.5. The predicted octanol–water partition coefficient (Wildman–Crippen LogP) is 3.36. The normalized spacial score (nSPS) is 15.9. The van der Waals surface area contributed by atoms with Crippen LogP contribution in [-0.2, 0) is 6.54 Å². The Morgan fingerprint density at radius 3 is 2.90 bits per heavy atom. The smallest absolute Gasteiger partial charge is 0.123 e. The molecule has 1 fully saturated rings. The van der Waals surface area contributed by atoms with E-state index >= 15 is 0 Å². The van der Waals surface area contributed by atoms with Crippen molar-refractivity contribution in [2.45, 2.75) is 25.5 Å². The molecule has 1 atom stereocenters. The van der Waals surface area contributed by atoms with E-state index in [1.165, 1.54) is 12.8 Å². The summed E-state index contributed by atoms with van der Waals surface area (Å²) in [6.45, 7) is 2.09. The van der Waals surface area contributed by atoms with Crippen molar-refractivity contribution >= 4 is 11.3 Å². The Hall–Kier alpha value is -1.36. The lowest BCUT2D eigenvalue weighted by Crippen LogP contribution is -2.21. The van der Waals surface area contributed by atoms with Gasteiger partial charge in [0.15, 0.2) is 0 Å². The van der Waals surface area contributed by atoms with E-state index in [1.807, 2.05) is 35.0 Å². The van der Waals surface area contributed by atoms with Crippen molar-refractivity contribution in [2.24, 2.45) is 5.92 Å². The molecule has 3 nitrogen and oxygen atoms in total. The monoisotopic (exact) mass is 303 g/mol. The van der Waals surface area contributed by atoms with Gasteiger partial charge in [0.1, 0.15) is 5.75 Å². The number of aliphatic hydroxyl groups excluding tert-OH is 1. The van der Waals surface area contributed by atoms with Crippen LogP contribution in [0.2, 0.25) is 0 Å². The fourth-order valence-electron chi connectivity index (χ4n) is 2.21. The van der Waals surface area contributed by atoms with Crippen molar-refractivity contribution in [3.8, 4) is 5.75 Å². The highest BCUT2D eigenvalue weighted by Gasteiger charge is 2.22. The summed E-state index contributed by atoms with van der Waals surface area (Å²) >= 11 is 1.61. The lowest BCUT2D eigenvalue weighted by atomic mass is 10.1. The molecule has 4 heteroatoms. The zero-order valence-corrected chi connectivity index (χ0v) is 12.8. The lowest BCUT2D eigenvalue weighted by molar-refractivity contribution is 0.174. The summed E-state index contributed by atoms with van der Waals surface area (Å²) in [7, 11) is 0. The Balaban J connectivity index is 1.49. The van der Waals surface area contributed by atoms with Crippen LogP contribution in [0.3, 0.4) is 0 Å². The van der Waals surface area contributed by atoms with Gasteiger partial charge < -0.3 is 15.2 Å². The van der Waals surface area contributed by atoms with Gasteiger partial charge in [-0.25, -0.2) is 0 Å². The molecule has 1 saturated carbocycles. The summed E-state index contributed by atoms with van der Waals surface area (Å²) in [5.74, 6) is 1.72. The van der Waals surface area contributed by atoms with E-state index in [2.05, 4.69) is 11.4 Å². The van der Waals surface area contributed by atoms with Crippen LogP contribution in [0.15, 0.2) is 41.1 Å². The molecule has 0 saturated heterocycles. The van der Waals surface area contributed by atoms with Crippen molar-refractivity contribution < 1.29 is 9.84 Å². The molecule has 1 aliphatic rings. The van der Waals surface area contributed by atoms with Gasteiger partial charge in [-0.3, -0.25) is 0 Å². The molecule has 0 radical (unpaired) electrons. The SMILES string of the molecule is OC(CNCc1ccccc1OCC1CC1)c1ccsc1. The second-order valence-electron chi connectivity index (χ2n) is 5.57. The molecule has 1 aromatic carbocycles. The van der Waals surface area contributed by atoms with E-state index in [1.54, 1.807) is 11.3 Å². The first-order valence-corrected chi connectivity index (χ1v) is 8.39. The van der Waals surface area contributed by atoms with Crippen LogP contribution in [-0.4, -0.2) is 18.3 Å². The molecule has 112 valence electrons. The first-order chi connectivity index (χ1) is 10.3. The second-order valence-corrected chi connectivity index (χ2v) is 6.35. The summed E-state index contributed by atoms with van der Waals surface area (Å²) in [4.78, 5) is 0. The Labute approximate surface area is 129 Å². The van der Waals surface area contributed by atoms with Crippen LogP contribution in [0.1, 0.15) is 30.1 Å². The Morgan fingerprint density at radius 1 is 1.29 bits per heavy atom. The maximum absolute atomic E-state index is 10.1. The Morgan fingerprint density at radius 2 is 2.14 bits per heavy atom. The number of hydrogen-bond acceptors (Lipinski definition) is 4. The highest BCUT2D eigenvalue weighted by atomic mass is 32.1. The first kappa shape index (κ1) is 14.6. The van der Waals surface area contributed by atoms with E-state index in [0.29, 0.717) is 13.1 Å². The number of para-hydroxylation sites is 1. The fraction of sp³-hybridized carbons (Fsp3) is 0.412. The molecule has 1 aromatic heterocycles. The van der Waals surface area contributed by atoms with Crippen LogP contribution < -0.4 is 10.1 Å². The third-order valence-electron chi connectivity index (χ3n) is 3.73. The average molecular weight is 303 g/mol. The third-order valence-corrected chi connectivity index (χ3v) is 4.43. The maximum atomic E-state index is 10.1. The minimum Gasteiger partial charge on any atom is -0.493 e. The number of hydrogen-bond donors (Lipinski definition) is 2. The summed E-state index contributed by atoms with van der Waals surface area (Å²) < 4.78 is 5.89. The van der Waals surface area contributed by atoms with Gasteiger partial charge in [-0.2, -0.15) is 11.3 Å². The molecule has 3 rings (SSSR count). The van der Waals surface area contributed by atoms with Gasteiger partial charge in [-0.05, 0) is 47.2 Å². The van der Waals surface area contributed by atoms with Gasteiger partial charge in [0.05, 0.1) is 12.7 Å². The standard InChI is InChI=1S/C17H21NO2S/c19-16(15-7-8-21-12-15)10-18-9-14-3-1-2-4-17(14)20-11-13-5-6-13/h1-4,7-8,12-13,16,18-19H,5-6,9-11H2. The highest BCUT2D eigenvalue weighted by Crippen LogP contribution is 2.30. The van der Waals surface area contributed by atoms with Crippen molar-refractivity contribution in [3.05, 3.63) is 52.2 Å². The summed E-state index contributed by atoms with van der Waals surface area (Å²) in [6, 6.07) is 10.1. The van der Waals surface area contributed by atoms with Crippen molar-refractivity contribution in [1.29, 1.82) is 0 Å². The molecule has 1 heterocycles. The number of ether oxygens (including phenoxy) is 1. The largest absolute Gasteiger partial charge is 0.493 e. The van der Waals surface area contributed by atoms with E-state index < -0.39 is 6.10 Å². The van der Waals surface area contributed by atoms with Gasteiger partial charge in [0.25, 0.3) is 0 Å². The summed E-state index contributed by atoms with van der Waals surface area (Å²) in [6.07, 6.45) is 2.15. The number of aliphatic hydroxyl groups is 1. The number of thiophene rings is 1. The average Bonchev–Trinajstić information content (AvgIpc) is 3.17. The van der Waals surface area contributed by atoms with E-state index in [0.717, 1.165) is 29.4 Å². The topological polar surface area (TPSA) is 41.5 Å². The van der Waals surface area contributed by atoms with Crippen LogP contribution >= 0.6 is 11.3 Å². The zero-order valence-electron chi connectivity index (χ0n) is 12.0. The van der Waals surface area contributed by atoms with Crippen LogP contribution in [0.25, 0.3) is 0 Å². The van der Waals surface area contributed by atoms with Gasteiger partial charge in [-0.15, -0.1) is 0 Å². The molecular weight excluding hydrogens is 282 g/mol. The van der Waals surface area contributed by atoms with Crippen molar-refractivity contribution in [3.63, 3.8) is 0 Å². The van der Waals surface area contributed by atoms with Crippen LogP contribution in [0.5, 0.6) is 5.75 Å². The van der Waals surface area contributed by atoms with Crippen molar-refractivity contribution in [2.75, 3.05) is 13.2 Å². The minimum absolute atomic E-state index is 0.448. The van der Waals surface area contributed by atoms with E-state index in [9.17, 15) is 5.11 Å². The molecule has 0 aliphatic heterocycles. The number of nitrogens with one attached hydrogen (secondary N) is 1. The fourth-order valence-corrected chi connectivity index (χ4v) is 2.92. The highest BCUT2D eigenvalue weighted by molar-refractivity contribution is 7.07. The summed E-state index contributed by atoms with van der Waals surface area (Å²) in [5.41, 5.74) is 2.13. The van der Waals surface area contributed by atoms with Gasteiger partial charge in [0, 0.05) is 18.7 Å². The Kier molecular flexibility index (Phi) is 4.91. The molecule has 1 aliphatic carbocycles. The summed E-state index contributed by atoms with van der Waals surface area (Å²) in [5, 5.41) is 17.3. The predicted molar refractivity (Wildman–Crippen MR) is 85.6 cm³/mol. The van der Waals surface area contributed by atoms with Crippen LogP contribution in [0.4, 0.5) is 0 Å². The molecule has 0 spiro atoms. The van der Waals surface area contributed by atoms with Gasteiger partial charge in [0.2, 0.25) is 0 Å². The molecular formula is C17H21NO2S. The molecule has 0 bridgehead atoms. The Bertz CT molecular complexity index is 552.